The second kappa shape index (κ2) is 8.30. The van der Waals surface area contributed by atoms with Crippen LogP contribution >= 0.6 is 24.0 Å². The number of benzene rings is 1. The minimum absolute atomic E-state index is 0. The molecule has 0 fully saturated rings. The Morgan fingerprint density at radius 1 is 1.12 bits per heavy atom. The van der Waals surface area contributed by atoms with Gasteiger partial charge in [-0.2, -0.15) is 9.55 Å². The molecule has 25 heavy (non-hydrogen) atoms. The monoisotopic (exact) mass is 564 g/mol. The van der Waals surface area contributed by atoms with Gasteiger partial charge >= 0.3 is 0 Å². The quantitative estimate of drug-likeness (QED) is 0.295. The largest absolute Gasteiger partial charge is 1.00 e. The number of aromatic nitrogens is 3. The van der Waals surface area contributed by atoms with Crippen molar-refractivity contribution in [1.29, 1.82) is 0 Å². The van der Waals surface area contributed by atoms with Crippen molar-refractivity contribution in [2.24, 2.45) is 19.1 Å². The van der Waals surface area contributed by atoms with Gasteiger partial charge in [-0.1, -0.05) is 0 Å². The molecule has 0 unspecified atom stereocenters. The third-order valence-electron chi connectivity index (χ3n) is 4.23. The molecular weight excluding hydrogens is 542 g/mol. The Kier molecular flexibility index (Phi) is 7.18. The van der Waals surface area contributed by atoms with Crippen molar-refractivity contribution in [3.63, 3.8) is 0 Å². The molecule has 3 rings (SSSR count). The van der Waals surface area contributed by atoms with E-state index in [2.05, 4.69) is 14.5 Å². The molecule has 0 aliphatic heterocycles. The molecule has 1 aromatic carbocycles. The van der Waals surface area contributed by atoms with E-state index in [9.17, 15) is 0 Å². The predicted molar refractivity (Wildman–Crippen MR) is 107 cm³/mol. The topological polar surface area (TPSA) is 86.1 Å². The van der Waals surface area contributed by atoms with Gasteiger partial charge in [0, 0.05) is 37.9 Å². The Bertz CT molecular complexity index is 968. The number of rotatable bonds is 1. The summed E-state index contributed by atoms with van der Waals surface area (Å²) in [4.78, 5) is 8.88. The summed E-state index contributed by atoms with van der Waals surface area (Å²) in [5.74, 6) is 0.436. The van der Waals surface area contributed by atoms with E-state index in [1.54, 1.807) is 0 Å². The highest BCUT2D eigenvalue weighted by molar-refractivity contribution is 14.0. The molecule has 8 heteroatoms. The zero-order valence-corrected chi connectivity index (χ0v) is 19.1. The summed E-state index contributed by atoms with van der Waals surface area (Å²) >= 11 is 0. The van der Waals surface area contributed by atoms with Crippen LogP contribution in [0.5, 0.6) is 0 Å². The average molecular weight is 564 g/mol. The molecule has 6 nitrogen and oxygen atoms in total. The van der Waals surface area contributed by atoms with Gasteiger partial charge in [-0.15, -0.1) is 24.0 Å². The fourth-order valence-corrected chi connectivity index (χ4v) is 2.59. The summed E-state index contributed by atoms with van der Waals surface area (Å²) in [5, 5.41) is 0.977. The van der Waals surface area contributed by atoms with Crippen molar-refractivity contribution >= 4 is 52.2 Å². The summed E-state index contributed by atoms with van der Waals surface area (Å²) < 4.78 is 3.93. The van der Waals surface area contributed by atoms with Crippen molar-refractivity contribution in [2.75, 3.05) is 11.5 Å². The highest BCUT2D eigenvalue weighted by atomic mass is 127. The van der Waals surface area contributed by atoms with Crippen LogP contribution in [0.25, 0.3) is 10.9 Å². The molecule has 0 bridgehead atoms. The van der Waals surface area contributed by atoms with Gasteiger partial charge in [0.05, 0.1) is 16.8 Å². The molecule has 0 radical (unpaired) electrons. The van der Waals surface area contributed by atoms with Crippen LogP contribution in [0.4, 0.5) is 17.3 Å². The zero-order chi connectivity index (χ0) is 16.7. The fraction of sp³-hybridized carbons (Fsp3) is 0.235. The number of nitrogens with two attached hydrogens (primary N) is 2. The summed E-state index contributed by atoms with van der Waals surface area (Å²) in [5.41, 5.74) is 17.4. The lowest BCUT2D eigenvalue weighted by Crippen LogP contribution is -3.00. The van der Waals surface area contributed by atoms with Crippen LogP contribution in [0.1, 0.15) is 11.4 Å². The Morgan fingerprint density at radius 3 is 2.44 bits per heavy atom. The van der Waals surface area contributed by atoms with Gasteiger partial charge in [0.25, 0.3) is 0 Å². The van der Waals surface area contributed by atoms with Crippen LogP contribution in [0.15, 0.2) is 35.3 Å². The maximum atomic E-state index is 6.16. The van der Waals surface area contributed by atoms with Gasteiger partial charge < -0.3 is 40.0 Å². The first-order chi connectivity index (χ1) is 10.9. The highest BCUT2D eigenvalue weighted by Crippen LogP contribution is 2.24. The molecule has 134 valence electrons. The molecule has 2 heterocycles. The van der Waals surface area contributed by atoms with Crippen LogP contribution in [0, 0.1) is 13.8 Å². The van der Waals surface area contributed by atoms with E-state index in [-0.39, 0.29) is 48.0 Å². The molecular formula is C17H22I2N6. The van der Waals surface area contributed by atoms with E-state index >= 15 is 0 Å². The third kappa shape index (κ3) is 4.22. The molecule has 0 aliphatic carbocycles. The second-order valence-electron chi connectivity index (χ2n) is 5.79. The Balaban J connectivity index is 0.00000156. The number of aryl methyl sites for hydroxylation is 3. The number of pyridine rings is 1. The van der Waals surface area contributed by atoms with Gasteiger partial charge in [-0.25, -0.2) is 4.99 Å². The predicted octanol–water partition coefficient (Wildman–Crippen LogP) is -0.967. The Hall–Kier alpha value is -1.43. The summed E-state index contributed by atoms with van der Waals surface area (Å²) in [7, 11) is 3.90. The van der Waals surface area contributed by atoms with Crippen molar-refractivity contribution in [2.45, 2.75) is 13.8 Å². The molecule has 4 N–H and O–H groups in total. The molecule has 0 amide bonds. The van der Waals surface area contributed by atoms with E-state index < -0.39 is 0 Å². The van der Waals surface area contributed by atoms with E-state index in [1.165, 1.54) is 0 Å². The number of nitrogens with zero attached hydrogens (tertiary/aromatic N) is 4. The molecule has 0 aliphatic rings. The molecule has 0 saturated heterocycles. The average Bonchev–Trinajstić information content (AvgIpc) is 2.50. The lowest BCUT2D eigenvalue weighted by atomic mass is 10.1. The Morgan fingerprint density at radius 2 is 1.80 bits per heavy atom. The molecule has 0 saturated carbocycles. The third-order valence-corrected chi connectivity index (χ3v) is 4.23. The number of anilines is 2. The Labute approximate surface area is 181 Å². The number of nitrogen functional groups attached to an aromatic ring is 2. The molecule has 3 aromatic rings. The first kappa shape index (κ1) is 21.6. The van der Waals surface area contributed by atoms with Crippen LogP contribution in [0.2, 0.25) is 0 Å². The first-order valence-electron chi connectivity index (χ1n) is 7.40. The minimum atomic E-state index is 0. The lowest BCUT2D eigenvalue weighted by Gasteiger charge is -2.07. The second-order valence-corrected chi connectivity index (χ2v) is 5.79. The fourth-order valence-electron chi connectivity index (χ4n) is 2.59. The van der Waals surface area contributed by atoms with E-state index in [4.69, 9.17) is 11.5 Å². The maximum absolute atomic E-state index is 6.16. The van der Waals surface area contributed by atoms with Gasteiger partial charge in [-0.05, 0) is 19.1 Å². The van der Waals surface area contributed by atoms with Gasteiger partial charge in [0.2, 0.25) is 11.5 Å². The lowest BCUT2D eigenvalue weighted by molar-refractivity contribution is -0.651. The highest BCUT2D eigenvalue weighted by Gasteiger charge is 2.12. The summed E-state index contributed by atoms with van der Waals surface area (Å²) in [6, 6.07) is 9.83. The smallest absolute Gasteiger partial charge is 0.214 e. The first-order valence-corrected chi connectivity index (χ1v) is 7.40. The van der Waals surface area contributed by atoms with Crippen molar-refractivity contribution in [1.82, 2.24) is 9.55 Å². The summed E-state index contributed by atoms with van der Waals surface area (Å²) in [6.07, 6.45) is 0. The normalized spacial score (nSPS) is 11.1. The number of hydrogen-bond acceptors (Lipinski definition) is 4. The van der Waals surface area contributed by atoms with Crippen molar-refractivity contribution in [3.8, 4) is 0 Å². The van der Waals surface area contributed by atoms with Crippen LogP contribution in [-0.4, -0.2) is 9.55 Å². The van der Waals surface area contributed by atoms with Crippen LogP contribution in [-0.2, 0) is 14.1 Å². The standard InChI is InChI=1S/C17H20N6.2HI/c1-10-7-14(18)13-9-12(5-6-15(13)22(10)3)20-16-8-11(2)23(4)17(19)21-16;;/h5-9,18H,1-4H3,(H2,19,20,21);2*1H. The van der Waals surface area contributed by atoms with E-state index in [0.717, 1.165) is 33.7 Å². The molecule has 2 aromatic heterocycles. The summed E-state index contributed by atoms with van der Waals surface area (Å²) in [6.45, 7) is 4.01. The van der Waals surface area contributed by atoms with Gasteiger partial charge in [0.1, 0.15) is 7.05 Å². The minimum Gasteiger partial charge on any atom is -1.00 e. The van der Waals surface area contributed by atoms with Gasteiger partial charge in [0.15, 0.2) is 11.2 Å². The number of hydrogen-bond donors (Lipinski definition) is 2. The van der Waals surface area contributed by atoms with Crippen molar-refractivity contribution < 1.29 is 28.5 Å². The molecule has 0 spiro atoms. The van der Waals surface area contributed by atoms with Gasteiger partial charge in [-0.3, -0.25) is 0 Å². The zero-order valence-electron chi connectivity index (χ0n) is 14.6. The number of fused-ring (bicyclic) bond motifs is 1. The molecule has 0 atom stereocenters. The number of halogens is 2. The van der Waals surface area contributed by atoms with E-state index in [1.807, 2.05) is 62.8 Å². The van der Waals surface area contributed by atoms with Crippen LogP contribution in [0.3, 0.4) is 0 Å². The van der Waals surface area contributed by atoms with Crippen molar-refractivity contribution in [3.05, 3.63) is 47.2 Å². The maximum Gasteiger partial charge on any atom is 0.214 e. The SMILES string of the molecule is Cc1cc(=Nc2ccc3c(c2)c(N)cc(C)[n+]3C)nc(N)n1C.I.[I-]. The van der Waals surface area contributed by atoms with Crippen LogP contribution < -0.4 is 45.5 Å². The van der Waals surface area contributed by atoms with E-state index in [0.29, 0.717) is 11.4 Å².